The highest BCUT2D eigenvalue weighted by atomic mass is 16.3. The van der Waals surface area contributed by atoms with E-state index in [9.17, 15) is 0 Å². The van der Waals surface area contributed by atoms with Gasteiger partial charge in [-0.2, -0.15) is 0 Å². The summed E-state index contributed by atoms with van der Waals surface area (Å²) in [4.78, 5) is 0. The Bertz CT molecular complexity index is 469. The standard InChI is InChI=1S/C9H13NO2/c1-10-6-9(12)7-3-2-4-8(11)5-7/h2-5,9-12H,6H2,1H3/t9-/m1/s1/i2D,3D,4D,5D,12D/hD2. The van der Waals surface area contributed by atoms with Crippen LogP contribution in [-0.4, -0.2) is 26.7 Å². The molecule has 0 aliphatic rings. The van der Waals surface area contributed by atoms with Gasteiger partial charge in [-0.1, -0.05) is 12.1 Å². The van der Waals surface area contributed by atoms with Crippen LogP contribution in [0.15, 0.2) is 24.2 Å². The van der Waals surface area contributed by atoms with Crippen LogP contribution in [0.1, 0.15) is 17.2 Å². The monoisotopic (exact) mass is 174 g/mol. The Balaban J connectivity index is 3.45. The number of phenolic OH excluding ortho intramolecular Hbond substituents is 1. The molecule has 0 heterocycles. The van der Waals surface area contributed by atoms with Crippen LogP contribution in [0.3, 0.4) is 0 Å². The zero-order chi connectivity index (χ0) is 14.7. The summed E-state index contributed by atoms with van der Waals surface area (Å²) in [6.45, 7) is -0.102. The molecule has 66 valence electrons. The lowest BCUT2D eigenvalue weighted by Gasteiger charge is -2.09. The van der Waals surface area contributed by atoms with E-state index in [0.29, 0.717) is 0 Å². The van der Waals surface area contributed by atoms with Crippen molar-refractivity contribution in [3.8, 4) is 5.75 Å². The third-order valence-corrected chi connectivity index (χ3v) is 1.29. The molecule has 12 heavy (non-hydrogen) atoms. The van der Waals surface area contributed by atoms with Crippen molar-refractivity contribution in [2.75, 3.05) is 13.6 Å². The molecule has 0 aliphatic carbocycles. The quantitative estimate of drug-likeness (QED) is 0.614. The Morgan fingerprint density at radius 3 is 3.42 bits per heavy atom. The number of likely N-dealkylation sites (N-methyl/N-ethyl adjacent to an activating group) is 1. The topological polar surface area (TPSA) is 52.5 Å². The van der Waals surface area contributed by atoms with E-state index in [1.165, 1.54) is 7.05 Å². The fraction of sp³-hybridized carbons (Fsp3) is 0.333. The maximum absolute atomic E-state index is 7.79. The van der Waals surface area contributed by atoms with Crippen LogP contribution in [0.25, 0.3) is 0 Å². The summed E-state index contributed by atoms with van der Waals surface area (Å²) in [7, 11) is 1.40. The first kappa shape index (κ1) is 3.36. The highest BCUT2D eigenvalue weighted by molar-refractivity contribution is 5.28. The third-order valence-electron chi connectivity index (χ3n) is 1.29. The summed E-state index contributed by atoms with van der Waals surface area (Å²) in [5.74, 6) is -0.467. The van der Waals surface area contributed by atoms with Gasteiger partial charge in [-0.15, -0.1) is 0 Å². The van der Waals surface area contributed by atoms with Crippen molar-refractivity contribution in [1.29, 1.82) is 2.86 Å². The van der Waals surface area contributed by atoms with Crippen molar-refractivity contribution < 1.29 is 17.1 Å². The molecule has 1 rings (SSSR count). The highest BCUT2D eigenvalue weighted by Gasteiger charge is 2.05. The highest BCUT2D eigenvalue weighted by Crippen LogP contribution is 2.17. The van der Waals surface area contributed by atoms with Crippen LogP contribution >= 0.6 is 0 Å². The number of benzene rings is 1. The fourth-order valence-corrected chi connectivity index (χ4v) is 0.758. The lowest BCUT2D eigenvalue weighted by atomic mass is 10.1. The van der Waals surface area contributed by atoms with Crippen molar-refractivity contribution in [3.05, 3.63) is 29.7 Å². The summed E-state index contributed by atoms with van der Waals surface area (Å²) in [6, 6.07) is -1.92. The Labute approximate surface area is 81.7 Å². The maximum atomic E-state index is 7.79. The van der Waals surface area contributed by atoms with Crippen LogP contribution < -0.4 is 5.31 Å². The SMILES string of the molecule is [2H]Oc1c([2H])c([2H])c([2H])c([C@@H](CN([2H])C)O[2H])c1[2H]. The molecule has 0 spiro atoms. The van der Waals surface area contributed by atoms with E-state index in [4.69, 9.17) is 9.76 Å². The predicted molar refractivity (Wildman–Crippen MR) is 47.0 cm³/mol. The Hall–Kier alpha value is -1.06. The van der Waals surface area contributed by atoms with Gasteiger partial charge < -0.3 is 15.5 Å². The molecule has 3 heteroatoms. The Kier molecular flexibility index (Phi) is 1.14. The number of hydrogen-bond donors (Lipinski definition) is 3. The van der Waals surface area contributed by atoms with Crippen molar-refractivity contribution in [2.24, 2.45) is 0 Å². The minimum atomic E-state index is -1.11. The molecule has 1 aromatic rings. The molecule has 0 bridgehead atoms. The molecule has 0 unspecified atom stereocenters. The number of aliphatic hydroxyl groups excluding tert-OH is 1. The van der Waals surface area contributed by atoms with Gasteiger partial charge in [0.2, 0.25) is 1.43 Å². The van der Waals surface area contributed by atoms with E-state index < -0.39 is 36.0 Å². The number of hydrogen-bond acceptors (Lipinski definition) is 3. The molecule has 0 radical (unpaired) electrons. The van der Waals surface area contributed by atoms with Gasteiger partial charge in [0, 0.05) is 6.54 Å². The van der Waals surface area contributed by atoms with Gasteiger partial charge in [0.15, 0.2) is 0 Å². The minimum absolute atomic E-state index is 0.102. The summed E-state index contributed by atoms with van der Waals surface area (Å²) in [5, 5.41) is 9.49. The first-order valence-corrected chi connectivity index (χ1v) is 3.40. The van der Waals surface area contributed by atoms with Gasteiger partial charge >= 0.3 is 0 Å². The Morgan fingerprint density at radius 2 is 2.75 bits per heavy atom. The van der Waals surface area contributed by atoms with E-state index in [-0.39, 0.29) is 12.1 Å². The summed E-state index contributed by atoms with van der Waals surface area (Å²) >= 11 is 0. The molecule has 0 saturated carbocycles. The molecule has 1 aromatic carbocycles. The molecule has 0 amide bonds. The van der Waals surface area contributed by atoms with E-state index in [1.54, 1.807) is 0 Å². The number of phenols is 1. The summed E-state index contributed by atoms with van der Waals surface area (Å²) < 4.78 is 51.7. The minimum Gasteiger partial charge on any atom is -0.508 e. The predicted octanol–water partition coefficient (Wildman–Crippen LogP) is 0.645. The van der Waals surface area contributed by atoms with Gasteiger partial charge in [0.25, 0.3) is 1.43 Å². The lowest BCUT2D eigenvalue weighted by Crippen LogP contribution is -2.16. The first-order valence-electron chi connectivity index (χ1n) is 6.66. The molecule has 3 N–H and O–H groups in total. The first-order chi connectivity index (χ1) is 8.84. The smallest absolute Gasteiger partial charge is 0.293 e. The maximum Gasteiger partial charge on any atom is 0.293 e. The molecule has 0 saturated heterocycles. The number of nitrogens with one attached hydrogen (secondary N) is 1. The van der Waals surface area contributed by atoms with Crippen molar-refractivity contribution in [3.63, 3.8) is 0 Å². The van der Waals surface area contributed by atoms with Crippen molar-refractivity contribution >= 4 is 0 Å². The normalized spacial score (nSPS) is 21.0. The number of aliphatic hydroxyl groups is 1. The van der Waals surface area contributed by atoms with E-state index in [0.717, 1.165) is 5.31 Å². The summed E-state index contributed by atoms with van der Waals surface area (Å²) in [6.07, 6.45) is -1.11. The van der Waals surface area contributed by atoms with Crippen LogP contribution in [0, 0.1) is 0 Å². The van der Waals surface area contributed by atoms with Crippen LogP contribution in [0.2, 0.25) is 1.41 Å². The van der Waals surface area contributed by atoms with Gasteiger partial charge in [-0.25, -0.2) is 0 Å². The van der Waals surface area contributed by atoms with Crippen molar-refractivity contribution in [1.82, 2.24) is 5.31 Å². The molecule has 0 fully saturated rings. The largest absolute Gasteiger partial charge is 0.508 e. The second-order valence-corrected chi connectivity index (χ2v) is 2.23. The Morgan fingerprint density at radius 1 is 1.83 bits per heavy atom. The summed E-state index contributed by atoms with van der Waals surface area (Å²) in [5.41, 5.74) is -0.141. The number of aromatic hydroxyl groups is 1. The van der Waals surface area contributed by atoms with Crippen LogP contribution in [0.4, 0.5) is 0 Å². The molecule has 1 atom stereocenters. The second kappa shape index (κ2) is 4.09. The molecule has 3 nitrogen and oxygen atoms in total. The van der Waals surface area contributed by atoms with E-state index in [1.807, 2.05) is 0 Å². The third kappa shape index (κ3) is 2.22. The fourth-order valence-electron chi connectivity index (χ4n) is 0.758. The zero-order valence-electron chi connectivity index (χ0n) is 13.5. The number of rotatable bonds is 5. The molecular formula is C9H13NO2. The molecule has 0 aliphatic heterocycles. The van der Waals surface area contributed by atoms with Crippen LogP contribution in [-0.2, 0) is 0 Å². The van der Waals surface area contributed by atoms with Gasteiger partial charge in [0.1, 0.15) is 7.16 Å². The van der Waals surface area contributed by atoms with Gasteiger partial charge in [-0.3, -0.25) is 0 Å². The van der Waals surface area contributed by atoms with Gasteiger partial charge in [0.05, 0.1) is 11.6 Å². The van der Waals surface area contributed by atoms with Gasteiger partial charge in [-0.05, 0) is 24.7 Å². The second-order valence-electron chi connectivity index (χ2n) is 2.23. The van der Waals surface area contributed by atoms with E-state index in [2.05, 4.69) is 10.2 Å². The van der Waals surface area contributed by atoms with E-state index >= 15 is 0 Å². The van der Waals surface area contributed by atoms with Crippen molar-refractivity contribution in [2.45, 2.75) is 6.10 Å². The lowest BCUT2D eigenvalue weighted by molar-refractivity contribution is 0.177. The zero-order valence-corrected chi connectivity index (χ0v) is 6.55. The average molecular weight is 174 g/mol. The molecule has 0 aromatic heterocycles. The van der Waals surface area contributed by atoms with Crippen LogP contribution in [0.5, 0.6) is 5.75 Å². The molecular weight excluding hydrogens is 154 g/mol. The average Bonchev–Trinajstić information content (AvgIpc) is 2.35.